The molecule has 0 saturated carbocycles. The summed E-state index contributed by atoms with van der Waals surface area (Å²) in [6.45, 7) is 1.38. The number of pyridine rings is 1. The van der Waals surface area contributed by atoms with Crippen molar-refractivity contribution in [3.05, 3.63) is 59.9 Å². The van der Waals surface area contributed by atoms with Gasteiger partial charge in [-0.3, -0.25) is 9.78 Å². The van der Waals surface area contributed by atoms with E-state index < -0.39 is 21.7 Å². The number of fused-ring (bicyclic) bond motifs is 2. The van der Waals surface area contributed by atoms with Crippen LogP contribution >= 0.6 is 0 Å². The van der Waals surface area contributed by atoms with Gasteiger partial charge in [0.25, 0.3) is 10.2 Å². The zero-order chi connectivity index (χ0) is 19.4. The van der Waals surface area contributed by atoms with Crippen molar-refractivity contribution in [2.24, 2.45) is 0 Å². The number of hydrogen-bond acceptors (Lipinski definition) is 4. The number of rotatable bonds is 3. The molecular weight excluding hydrogens is 376 g/mol. The summed E-state index contributed by atoms with van der Waals surface area (Å²) < 4.78 is 30.0. The Balaban J connectivity index is 1.69. The third-order valence-electron chi connectivity index (χ3n) is 6.23. The zero-order valence-electron chi connectivity index (χ0n) is 15.4. The van der Waals surface area contributed by atoms with E-state index in [2.05, 4.69) is 10.3 Å². The van der Waals surface area contributed by atoms with Crippen LogP contribution in [0.3, 0.4) is 0 Å². The first-order chi connectivity index (χ1) is 13.5. The van der Waals surface area contributed by atoms with Crippen LogP contribution in [0.4, 0.5) is 5.69 Å². The van der Waals surface area contributed by atoms with E-state index in [1.54, 1.807) is 22.8 Å². The van der Waals surface area contributed by atoms with Crippen LogP contribution in [0.5, 0.6) is 0 Å². The minimum atomic E-state index is -3.67. The van der Waals surface area contributed by atoms with E-state index in [9.17, 15) is 13.2 Å². The molecule has 5 rings (SSSR count). The number of carbonyl (C=O) groups is 1. The van der Waals surface area contributed by atoms with E-state index in [4.69, 9.17) is 0 Å². The lowest BCUT2D eigenvalue weighted by Gasteiger charge is -2.35. The molecule has 2 unspecified atom stereocenters. The quantitative estimate of drug-likeness (QED) is 0.858. The van der Waals surface area contributed by atoms with Crippen LogP contribution in [0.1, 0.15) is 36.4 Å². The monoisotopic (exact) mass is 398 g/mol. The molecule has 1 aromatic carbocycles. The summed E-state index contributed by atoms with van der Waals surface area (Å²) in [5.41, 5.74) is 1.44. The fourth-order valence-corrected chi connectivity index (χ4v) is 6.87. The number of para-hydroxylation sites is 1. The topological polar surface area (TPSA) is 82.6 Å². The van der Waals surface area contributed by atoms with Gasteiger partial charge in [0.2, 0.25) is 5.91 Å². The molecule has 0 bridgehead atoms. The van der Waals surface area contributed by atoms with Crippen molar-refractivity contribution >= 4 is 21.8 Å². The highest BCUT2D eigenvalue weighted by Crippen LogP contribution is 2.55. The number of carbonyl (C=O) groups excluding carboxylic acids is 1. The number of benzene rings is 1. The lowest BCUT2D eigenvalue weighted by molar-refractivity contribution is -0.121. The van der Waals surface area contributed by atoms with Gasteiger partial charge in [-0.05, 0) is 42.5 Å². The molecule has 4 heterocycles. The first kappa shape index (κ1) is 17.8. The largest absolute Gasteiger partial charge is 0.325 e. The van der Waals surface area contributed by atoms with Crippen molar-refractivity contribution < 1.29 is 13.2 Å². The Morgan fingerprint density at radius 3 is 2.61 bits per heavy atom. The Kier molecular flexibility index (Phi) is 4.04. The normalized spacial score (nSPS) is 28.0. The van der Waals surface area contributed by atoms with Crippen molar-refractivity contribution in [2.45, 2.75) is 30.7 Å². The van der Waals surface area contributed by atoms with Gasteiger partial charge in [-0.1, -0.05) is 24.3 Å². The fraction of sp³-hybridized carbons (Fsp3) is 0.400. The van der Waals surface area contributed by atoms with Crippen LogP contribution in [-0.2, 0) is 20.4 Å². The number of anilines is 1. The van der Waals surface area contributed by atoms with Gasteiger partial charge in [-0.25, -0.2) is 0 Å². The molecule has 2 atom stereocenters. The maximum atomic E-state index is 13.5. The molecule has 2 saturated heterocycles. The molecule has 2 fully saturated rings. The Bertz CT molecular complexity index is 1020. The second-order valence-electron chi connectivity index (χ2n) is 7.63. The maximum Gasteiger partial charge on any atom is 0.282 e. The van der Waals surface area contributed by atoms with Gasteiger partial charge < -0.3 is 5.32 Å². The standard InChI is InChI=1S/C20H22N4O3S/c25-19-20(16-7-1-2-8-17(16)22-19)9-13-24(18(20)15-6-5-10-21-14-15)28(26,27)23-11-3-4-12-23/h1-2,5-8,10,14,18H,3-4,9,11-13H2,(H,22,25). The lowest BCUT2D eigenvalue weighted by atomic mass is 9.73. The number of nitrogens with zero attached hydrogens (tertiary/aromatic N) is 3. The molecule has 28 heavy (non-hydrogen) atoms. The molecule has 0 radical (unpaired) electrons. The summed E-state index contributed by atoms with van der Waals surface area (Å²) in [5, 5.41) is 2.98. The molecular formula is C20H22N4O3S. The van der Waals surface area contributed by atoms with Gasteiger partial charge in [0.05, 0.1) is 11.5 Å². The van der Waals surface area contributed by atoms with E-state index in [1.165, 1.54) is 4.31 Å². The predicted molar refractivity (Wildman–Crippen MR) is 105 cm³/mol. The molecule has 2 aromatic rings. The van der Waals surface area contributed by atoms with Crippen LogP contribution in [-0.4, -0.2) is 47.6 Å². The smallest absolute Gasteiger partial charge is 0.282 e. The minimum Gasteiger partial charge on any atom is -0.325 e. The minimum absolute atomic E-state index is 0.137. The van der Waals surface area contributed by atoms with Gasteiger partial charge in [-0.15, -0.1) is 0 Å². The highest BCUT2D eigenvalue weighted by Gasteiger charge is 2.61. The van der Waals surface area contributed by atoms with Gasteiger partial charge >= 0.3 is 0 Å². The third kappa shape index (κ3) is 2.38. The predicted octanol–water partition coefficient (Wildman–Crippen LogP) is 2.06. The van der Waals surface area contributed by atoms with E-state index in [0.29, 0.717) is 26.1 Å². The first-order valence-corrected chi connectivity index (χ1v) is 11.0. The Hall–Kier alpha value is -2.29. The Labute approximate surface area is 164 Å². The summed E-state index contributed by atoms with van der Waals surface area (Å²) in [4.78, 5) is 17.5. The van der Waals surface area contributed by atoms with E-state index in [0.717, 1.165) is 29.7 Å². The third-order valence-corrected chi connectivity index (χ3v) is 8.23. The van der Waals surface area contributed by atoms with E-state index >= 15 is 0 Å². The summed E-state index contributed by atoms with van der Waals surface area (Å²) in [6.07, 6.45) is 5.53. The van der Waals surface area contributed by atoms with Crippen LogP contribution in [0.25, 0.3) is 0 Å². The number of aromatic nitrogens is 1. The van der Waals surface area contributed by atoms with Gasteiger partial charge in [0.1, 0.15) is 0 Å². The van der Waals surface area contributed by atoms with Crippen LogP contribution in [0.2, 0.25) is 0 Å². The van der Waals surface area contributed by atoms with Crippen molar-refractivity contribution in [1.29, 1.82) is 0 Å². The molecule has 1 N–H and O–H groups in total. The van der Waals surface area contributed by atoms with Gasteiger partial charge in [0.15, 0.2) is 0 Å². The highest BCUT2D eigenvalue weighted by molar-refractivity contribution is 7.86. The second-order valence-corrected chi connectivity index (χ2v) is 9.52. The molecule has 3 aliphatic rings. The molecule has 146 valence electrons. The van der Waals surface area contributed by atoms with Crippen LogP contribution < -0.4 is 5.32 Å². The van der Waals surface area contributed by atoms with Crippen LogP contribution in [0.15, 0.2) is 48.8 Å². The number of nitrogens with one attached hydrogen (secondary N) is 1. The number of amides is 1. The molecule has 0 aliphatic carbocycles. The molecule has 7 nitrogen and oxygen atoms in total. The van der Waals surface area contributed by atoms with E-state index in [-0.39, 0.29) is 5.91 Å². The summed E-state index contributed by atoms with van der Waals surface area (Å²) >= 11 is 0. The van der Waals surface area contributed by atoms with Crippen molar-refractivity contribution in [2.75, 3.05) is 25.0 Å². The van der Waals surface area contributed by atoms with Gasteiger partial charge in [0, 0.05) is 37.7 Å². The summed E-state index contributed by atoms with van der Waals surface area (Å²) in [6, 6.07) is 10.6. The second kappa shape index (κ2) is 6.37. The molecule has 1 spiro atoms. The molecule has 1 amide bonds. The van der Waals surface area contributed by atoms with E-state index in [1.807, 2.05) is 30.3 Å². The maximum absolute atomic E-state index is 13.5. The van der Waals surface area contributed by atoms with Crippen LogP contribution in [0, 0.1) is 0 Å². The molecule has 3 aliphatic heterocycles. The Morgan fingerprint density at radius 2 is 1.86 bits per heavy atom. The lowest BCUT2D eigenvalue weighted by Crippen LogP contribution is -2.46. The average molecular weight is 398 g/mol. The SMILES string of the molecule is O=C1Nc2ccccc2C12CCN(S(=O)(=O)N1CCCC1)C2c1cccnc1. The fourth-order valence-electron chi connectivity index (χ4n) is 4.96. The number of hydrogen-bond donors (Lipinski definition) is 1. The highest BCUT2D eigenvalue weighted by atomic mass is 32.2. The van der Waals surface area contributed by atoms with Crippen molar-refractivity contribution in [1.82, 2.24) is 13.6 Å². The Morgan fingerprint density at radius 1 is 1.07 bits per heavy atom. The zero-order valence-corrected chi connectivity index (χ0v) is 16.2. The molecule has 1 aromatic heterocycles. The molecule has 8 heteroatoms. The first-order valence-electron chi connectivity index (χ1n) is 9.63. The summed E-state index contributed by atoms with van der Waals surface area (Å²) in [5.74, 6) is -0.137. The summed E-state index contributed by atoms with van der Waals surface area (Å²) in [7, 11) is -3.67. The van der Waals surface area contributed by atoms with Crippen molar-refractivity contribution in [3.63, 3.8) is 0 Å². The average Bonchev–Trinajstić information content (AvgIpc) is 3.43. The van der Waals surface area contributed by atoms with Crippen molar-refractivity contribution in [3.8, 4) is 0 Å². The van der Waals surface area contributed by atoms with Gasteiger partial charge in [-0.2, -0.15) is 17.0 Å².